The summed E-state index contributed by atoms with van der Waals surface area (Å²) in [5.41, 5.74) is 2.59. The van der Waals surface area contributed by atoms with Gasteiger partial charge >= 0.3 is 0 Å². The molecule has 0 bridgehead atoms. The van der Waals surface area contributed by atoms with Crippen molar-refractivity contribution in [2.45, 2.75) is 39.8 Å². The molecule has 1 aliphatic rings. The van der Waals surface area contributed by atoms with Crippen LogP contribution in [0.25, 0.3) is 0 Å². The number of amides is 1. The molecule has 2 heterocycles. The molecule has 0 unspecified atom stereocenters. The minimum atomic E-state index is 0.0457. The SMILES string of the molecule is CC(C)(C)[C@H](NCC(=O)N1CCc2sccc2C1)c1ccccc1. The third kappa shape index (κ3) is 3.87. The summed E-state index contributed by atoms with van der Waals surface area (Å²) in [7, 11) is 0. The highest BCUT2D eigenvalue weighted by molar-refractivity contribution is 7.10. The summed E-state index contributed by atoms with van der Waals surface area (Å²) in [6.45, 7) is 8.60. The minimum Gasteiger partial charge on any atom is -0.337 e. The summed E-state index contributed by atoms with van der Waals surface area (Å²) in [5.74, 6) is 0.192. The Labute approximate surface area is 148 Å². The third-order valence-electron chi connectivity index (χ3n) is 4.62. The number of benzene rings is 1. The quantitative estimate of drug-likeness (QED) is 0.910. The van der Waals surface area contributed by atoms with Gasteiger partial charge in [-0.3, -0.25) is 4.79 Å². The van der Waals surface area contributed by atoms with E-state index in [0.29, 0.717) is 6.54 Å². The van der Waals surface area contributed by atoms with Gasteiger partial charge in [-0.15, -0.1) is 11.3 Å². The van der Waals surface area contributed by atoms with Crippen LogP contribution in [0.4, 0.5) is 0 Å². The van der Waals surface area contributed by atoms with E-state index in [0.717, 1.165) is 19.5 Å². The van der Waals surface area contributed by atoms with Crippen LogP contribution in [0.1, 0.15) is 42.8 Å². The lowest BCUT2D eigenvalue weighted by atomic mass is 9.82. The van der Waals surface area contributed by atoms with E-state index in [4.69, 9.17) is 0 Å². The predicted molar refractivity (Wildman–Crippen MR) is 100 cm³/mol. The summed E-state index contributed by atoms with van der Waals surface area (Å²) < 4.78 is 0. The molecule has 128 valence electrons. The Bertz CT molecular complexity index is 687. The number of thiophene rings is 1. The Kier molecular flexibility index (Phi) is 5.07. The zero-order chi connectivity index (χ0) is 17.2. The van der Waals surface area contributed by atoms with Crippen molar-refractivity contribution in [2.75, 3.05) is 13.1 Å². The molecule has 0 saturated heterocycles. The number of nitrogens with one attached hydrogen (secondary N) is 1. The van der Waals surface area contributed by atoms with Gasteiger partial charge in [-0.1, -0.05) is 51.1 Å². The summed E-state index contributed by atoms with van der Waals surface area (Å²) in [6.07, 6.45) is 0.986. The normalized spacial score (nSPS) is 15.9. The average Bonchev–Trinajstić information content (AvgIpc) is 3.02. The van der Waals surface area contributed by atoms with Crippen LogP contribution in [-0.4, -0.2) is 23.9 Å². The Balaban J connectivity index is 1.64. The Hall–Kier alpha value is -1.65. The summed E-state index contributed by atoms with van der Waals surface area (Å²) in [4.78, 5) is 16.1. The van der Waals surface area contributed by atoms with Crippen LogP contribution in [0, 0.1) is 5.41 Å². The molecule has 0 fully saturated rings. The highest BCUT2D eigenvalue weighted by Gasteiger charge is 2.28. The fourth-order valence-corrected chi connectivity index (χ4v) is 4.22. The second kappa shape index (κ2) is 7.08. The predicted octanol–water partition coefficient (Wildman–Crippen LogP) is 4.01. The number of fused-ring (bicyclic) bond motifs is 1. The fraction of sp³-hybridized carbons (Fsp3) is 0.450. The zero-order valence-corrected chi connectivity index (χ0v) is 15.5. The van der Waals surface area contributed by atoms with Crippen molar-refractivity contribution in [3.63, 3.8) is 0 Å². The first-order valence-corrected chi connectivity index (χ1v) is 9.44. The van der Waals surface area contributed by atoms with Gasteiger partial charge in [0.15, 0.2) is 0 Å². The van der Waals surface area contributed by atoms with Gasteiger partial charge in [0.2, 0.25) is 5.91 Å². The second-order valence-electron chi connectivity index (χ2n) is 7.52. The number of rotatable bonds is 4. The highest BCUT2D eigenvalue weighted by atomic mass is 32.1. The van der Waals surface area contributed by atoms with Crippen molar-refractivity contribution < 1.29 is 4.79 Å². The largest absolute Gasteiger partial charge is 0.337 e. The Morgan fingerprint density at radius 1 is 1.25 bits per heavy atom. The van der Waals surface area contributed by atoms with Gasteiger partial charge < -0.3 is 10.2 Å². The van der Waals surface area contributed by atoms with Gasteiger partial charge in [-0.25, -0.2) is 0 Å². The molecule has 1 aromatic carbocycles. The van der Waals surface area contributed by atoms with Gasteiger partial charge in [0.1, 0.15) is 0 Å². The minimum absolute atomic E-state index is 0.0457. The average molecular weight is 343 g/mol. The van der Waals surface area contributed by atoms with Gasteiger partial charge in [0, 0.05) is 24.0 Å². The Morgan fingerprint density at radius 3 is 2.71 bits per heavy atom. The molecular weight excluding hydrogens is 316 g/mol. The van der Waals surface area contributed by atoms with Crippen LogP contribution >= 0.6 is 11.3 Å². The van der Waals surface area contributed by atoms with E-state index in [2.05, 4.69) is 61.8 Å². The molecule has 0 radical (unpaired) electrons. The lowest BCUT2D eigenvalue weighted by molar-refractivity contribution is -0.131. The van der Waals surface area contributed by atoms with E-state index in [1.54, 1.807) is 11.3 Å². The van der Waals surface area contributed by atoms with E-state index in [1.807, 2.05) is 11.0 Å². The van der Waals surface area contributed by atoms with E-state index < -0.39 is 0 Å². The third-order valence-corrected chi connectivity index (χ3v) is 5.64. The van der Waals surface area contributed by atoms with E-state index in [-0.39, 0.29) is 17.4 Å². The molecule has 2 aromatic rings. The number of nitrogens with zero attached hydrogens (tertiary/aromatic N) is 1. The van der Waals surface area contributed by atoms with Crippen molar-refractivity contribution in [3.05, 3.63) is 57.8 Å². The fourth-order valence-electron chi connectivity index (χ4n) is 3.33. The molecule has 0 aliphatic carbocycles. The first-order chi connectivity index (χ1) is 11.4. The lowest BCUT2D eigenvalue weighted by Gasteiger charge is -2.33. The van der Waals surface area contributed by atoms with Gasteiger partial charge in [-0.05, 0) is 34.4 Å². The first-order valence-electron chi connectivity index (χ1n) is 8.56. The van der Waals surface area contributed by atoms with E-state index in [1.165, 1.54) is 16.0 Å². The first kappa shape index (κ1) is 17.2. The maximum Gasteiger partial charge on any atom is 0.236 e. The van der Waals surface area contributed by atoms with Crippen LogP contribution in [0.3, 0.4) is 0 Å². The molecular formula is C20H26N2OS. The van der Waals surface area contributed by atoms with Crippen molar-refractivity contribution in [3.8, 4) is 0 Å². The number of hydrogen-bond acceptors (Lipinski definition) is 3. The molecule has 0 saturated carbocycles. The van der Waals surface area contributed by atoms with Crippen LogP contribution in [0.2, 0.25) is 0 Å². The van der Waals surface area contributed by atoms with Gasteiger partial charge in [0.05, 0.1) is 6.54 Å². The standard InChI is InChI=1S/C20H26N2OS/c1-20(2,3)19(15-7-5-4-6-8-15)21-13-18(23)22-11-9-17-16(14-22)10-12-24-17/h4-8,10,12,19,21H,9,11,13-14H2,1-3H3/t19-/m1/s1. The molecule has 1 N–H and O–H groups in total. The van der Waals surface area contributed by atoms with E-state index >= 15 is 0 Å². The van der Waals surface area contributed by atoms with Crippen molar-refractivity contribution >= 4 is 17.2 Å². The van der Waals surface area contributed by atoms with E-state index in [9.17, 15) is 4.79 Å². The molecule has 1 aliphatic heterocycles. The number of hydrogen-bond donors (Lipinski definition) is 1. The van der Waals surface area contributed by atoms with Crippen molar-refractivity contribution in [2.24, 2.45) is 5.41 Å². The van der Waals surface area contributed by atoms with Crippen molar-refractivity contribution in [1.82, 2.24) is 10.2 Å². The number of carbonyl (C=O) groups excluding carboxylic acids is 1. The molecule has 4 heteroatoms. The lowest BCUT2D eigenvalue weighted by Crippen LogP contribution is -2.43. The maximum atomic E-state index is 12.7. The number of carbonyl (C=O) groups is 1. The Morgan fingerprint density at radius 2 is 2.00 bits per heavy atom. The van der Waals surface area contributed by atoms with Crippen LogP contribution < -0.4 is 5.32 Å². The van der Waals surface area contributed by atoms with Crippen molar-refractivity contribution in [1.29, 1.82) is 0 Å². The van der Waals surface area contributed by atoms with Gasteiger partial charge in [0.25, 0.3) is 0 Å². The maximum absolute atomic E-state index is 12.7. The monoisotopic (exact) mass is 342 g/mol. The molecule has 3 rings (SSSR count). The molecule has 3 nitrogen and oxygen atoms in total. The second-order valence-corrected chi connectivity index (χ2v) is 8.53. The highest BCUT2D eigenvalue weighted by Crippen LogP contribution is 2.32. The van der Waals surface area contributed by atoms with Gasteiger partial charge in [-0.2, -0.15) is 0 Å². The summed E-state index contributed by atoms with van der Waals surface area (Å²) in [5, 5.41) is 5.63. The molecule has 0 spiro atoms. The smallest absolute Gasteiger partial charge is 0.236 e. The molecule has 1 amide bonds. The topological polar surface area (TPSA) is 32.3 Å². The van der Waals surface area contributed by atoms with Crippen LogP contribution in [-0.2, 0) is 17.8 Å². The van der Waals surface area contributed by atoms with Crippen LogP contribution in [0.5, 0.6) is 0 Å². The van der Waals surface area contributed by atoms with Crippen LogP contribution in [0.15, 0.2) is 41.8 Å². The molecule has 24 heavy (non-hydrogen) atoms. The summed E-state index contributed by atoms with van der Waals surface area (Å²) >= 11 is 1.80. The molecule has 1 aromatic heterocycles. The molecule has 1 atom stereocenters. The zero-order valence-electron chi connectivity index (χ0n) is 14.7. The summed E-state index contributed by atoms with van der Waals surface area (Å²) in [6, 6.07) is 12.7.